The summed E-state index contributed by atoms with van der Waals surface area (Å²) in [6, 6.07) is 20.1. The van der Waals surface area contributed by atoms with E-state index in [0.717, 1.165) is 41.8 Å². The van der Waals surface area contributed by atoms with Crippen LogP contribution >= 0.6 is 0 Å². The van der Waals surface area contributed by atoms with Crippen molar-refractivity contribution < 1.29 is 9.90 Å². The van der Waals surface area contributed by atoms with Crippen LogP contribution in [-0.2, 0) is 17.9 Å². The first kappa shape index (κ1) is 20.6. The number of carbonyl (C=O) groups is 1. The molecule has 29 heavy (non-hydrogen) atoms. The third-order valence-corrected chi connectivity index (χ3v) is 5.16. The van der Waals surface area contributed by atoms with Crippen LogP contribution in [0.1, 0.15) is 39.0 Å². The lowest BCUT2D eigenvalue weighted by molar-refractivity contribution is -0.137. The third-order valence-electron chi connectivity index (χ3n) is 5.16. The molecule has 0 aliphatic carbocycles. The average molecular weight is 392 g/mol. The summed E-state index contributed by atoms with van der Waals surface area (Å²) in [5.74, 6) is -0.750. The van der Waals surface area contributed by atoms with Gasteiger partial charge in [-0.25, -0.2) is 4.79 Å². The molecule has 3 aromatic rings. The fourth-order valence-electron chi connectivity index (χ4n) is 3.77. The SMILES string of the molecule is CCn1c(-c2ccccc2)c(-c2ccccc2)n(CCCCCCC(=O)O)c1=O. The summed E-state index contributed by atoms with van der Waals surface area (Å²) in [5, 5.41) is 8.77. The molecular formula is C24H28N2O3. The number of rotatable bonds is 10. The first-order valence-corrected chi connectivity index (χ1v) is 10.3. The number of hydrogen-bond donors (Lipinski definition) is 1. The number of aromatic nitrogens is 2. The van der Waals surface area contributed by atoms with Gasteiger partial charge in [-0.2, -0.15) is 0 Å². The molecule has 0 spiro atoms. The van der Waals surface area contributed by atoms with E-state index in [4.69, 9.17) is 5.11 Å². The molecular weight excluding hydrogens is 364 g/mol. The standard InChI is InChI=1S/C24H28N2O3/c1-2-25-22(19-13-7-5-8-14-19)23(20-15-9-6-10-16-20)26(24(25)29)18-12-4-3-11-17-21(27)28/h5-10,13-16H,2-4,11-12,17-18H2,1H3,(H,27,28). The van der Waals surface area contributed by atoms with Gasteiger partial charge in [0.25, 0.3) is 0 Å². The van der Waals surface area contributed by atoms with Crippen LogP contribution in [0, 0.1) is 0 Å². The monoisotopic (exact) mass is 392 g/mol. The van der Waals surface area contributed by atoms with Crippen molar-refractivity contribution in [3.8, 4) is 22.5 Å². The second-order valence-electron chi connectivity index (χ2n) is 7.17. The predicted octanol–water partition coefficient (Wildman–Crippen LogP) is 5.04. The number of imidazole rings is 1. The molecule has 0 saturated heterocycles. The molecule has 0 atom stereocenters. The summed E-state index contributed by atoms with van der Waals surface area (Å²) in [7, 11) is 0. The minimum atomic E-state index is -0.750. The molecule has 0 amide bonds. The molecule has 0 aliphatic heterocycles. The highest BCUT2D eigenvalue weighted by Gasteiger charge is 2.21. The zero-order chi connectivity index (χ0) is 20.6. The summed E-state index contributed by atoms with van der Waals surface area (Å²) in [6.07, 6.45) is 3.51. The molecule has 0 saturated carbocycles. The van der Waals surface area contributed by atoms with Crippen LogP contribution in [0.3, 0.4) is 0 Å². The first-order chi connectivity index (χ1) is 14.1. The Bertz CT molecular complexity index is 988. The second kappa shape index (κ2) is 9.92. The molecule has 152 valence electrons. The Morgan fingerprint density at radius 2 is 1.31 bits per heavy atom. The van der Waals surface area contributed by atoms with E-state index in [1.807, 2.05) is 76.7 Å². The smallest absolute Gasteiger partial charge is 0.329 e. The van der Waals surface area contributed by atoms with E-state index in [0.29, 0.717) is 19.5 Å². The second-order valence-corrected chi connectivity index (χ2v) is 7.17. The van der Waals surface area contributed by atoms with Gasteiger partial charge in [-0.05, 0) is 19.8 Å². The Morgan fingerprint density at radius 1 is 0.793 bits per heavy atom. The Morgan fingerprint density at radius 3 is 1.83 bits per heavy atom. The summed E-state index contributed by atoms with van der Waals surface area (Å²) in [5.41, 5.74) is 3.98. The molecule has 1 heterocycles. The third kappa shape index (κ3) is 4.86. The van der Waals surface area contributed by atoms with Crippen molar-refractivity contribution in [3.63, 3.8) is 0 Å². The highest BCUT2D eigenvalue weighted by Crippen LogP contribution is 2.32. The maximum absolute atomic E-state index is 13.2. The Balaban J connectivity index is 1.96. The summed E-state index contributed by atoms with van der Waals surface area (Å²) in [4.78, 5) is 23.9. The van der Waals surface area contributed by atoms with Crippen LogP contribution in [0.4, 0.5) is 0 Å². The lowest BCUT2D eigenvalue weighted by Crippen LogP contribution is -2.24. The summed E-state index contributed by atoms with van der Waals surface area (Å²) < 4.78 is 3.74. The molecule has 1 aromatic heterocycles. The zero-order valence-electron chi connectivity index (χ0n) is 16.9. The molecule has 5 nitrogen and oxygen atoms in total. The van der Waals surface area contributed by atoms with E-state index in [1.54, 1.807) is 0 Å². The topological polar surface area (TPSA) is 64.2 Å². The lowest BCUT2D eigenvalue weighted by atomic mass is 10.0. The molecule has 0 bridgehead atoms. The van der Waals surface area contributed by atoms with Crippen LogP contribution in [0.5, 0.6) is 0 Å². The van der Waals surface area contributed by atoms with Crippen molar-refractivity contribution in [1.29, 1.82) is 0 Å². The zero-order valence-corrected chi connectivity index (χ0v) is 16.9. The van der Waals surface area contributed by atoms with Crippen molar-refractivity contribution in [3.05, 3.63) is 71.1 Å². The Labute approximate surface area is 171 Å². The van der Waals surface area contributed by atoms with Gasteiger partial charge in [0, 0.05) is 30.6 Å². The van der Waals surface area contributed by atoms with Gasteiger partial charge >= 0.3 is 11.7 Å². The van der Waals surface area contributed by atoms with Crippen molar-refractivity contribution in [2.75, 3.05) is 0 Å². The summed E-state index contributed by atoms with van der Waals surface area (Å²) in [6.45, 7) is 3.23. The van der Waals surface area contributed by atoms with Gasteiger partial charge in [0.05, 0.1) is 11.4 Å². The number of nitrogens with zero attached hydrogens (tertiary/aromatic N) is 2. The number of benzene rings is 2. The van der Waals surface area contributed by atoms with Gasteiger partial charge in [-0.1, -0.05) is 73.5 Å². The van der Waals surface area contributed by atoms with Crippen LogP contribution in [0.2, 0.25) is 0 Å². The highest BCUT2D eigenvalue weighted by atomic mass is 16.4. The van der Waals surface area contributed by atoms with Crippen LogP contribution in [0.25, 0.3) is 22.5 Å². The number of hydrogen-bond acceptors (Lipinski definition) is 2. The van der Waals surface area contributed by atoms with Gasteiger partial charge in [-0.3, -0.25) is 13.9 Å². The quantitative estimate of drug-likeness (QED) is 0.492. The Kier molecular flexibility index (Phi) is 7.06. The number of carboxylic acids is 1. The summed E-state index contributed by atoms with van der Waals surface area (Å²) >= 11 is 0. The van der Waals surface area contributed by atoms with Gasteiger partial charge < -0.3 is 5.11 Å². The predicted molar refractivity (Wildman–Crippen MR) is 116 cm³/mol. The maximum atomic E-state index is 13.2. The van der Waals surface area contributed by atoms with Gasteiger partial charge in [0.15, 0.2) is 0 Å². The van der Waals surface area contributed by atoms with Crippen molar-refractivity contribution in [2.24, 2.45) is 0 Å². The molecule has 1 N–H and O–H groups in total. The molecule has 3 rings (SSSR count). The minimum absolute atomic E-state index is 0.00995. The lowest BCUT2D eigenvalue weighted by Gasteiger charge is -2.11. The largest absolute Gasteiger partial charge is 0.481 e. The minimum Gasteiger partial charge on any atom is -0.481 e. The van der Waals surface area contributed by atoms with Gasteiger partial charge in [-0.15, -0.1) is 0 Å². The van der Waals surface area contributed by atoms with E-state index in [-0.39, 0.29) is 12.1 Å². The molecule has 2 aromatic carbocycles. The van der Waals surface area contributed by atoms with Gasteiger partial charge in [0.1, 0.15) is 0 Å². The van der Waals surface area contributed by atoms with Crippen LogP contribution in [0.15, 0.2) is 65.5 Å². The van der Waals surface area contributed by atoms with Crippen molar-refractivity contribution >= 4 is 5.97 Å². The van der Waals surface area contributed by atoms with Crippen molar-refractivity contribution in [2.45, 2.75) is 52.1 Å². The molecule has 0 radical (unpaired) electrons. The molecule has 0 unspecified atom stereocenters. The molecule has 5 heteroatoms. The number of carboxylic acid groups (broad SMARTS) is 1. The highest BCUT2D eigenvalue weighted by molar-refractivity contribution is 5.79. The van der Waals surface area contributed by atoms with E-state index in [2.05, 4.69) is 0 Å². The molecule has 0 aliphatic rings. The first-order valence-electron chi connectivity index (χ1n) is 10.3. The van der Waals surface area contributed by atoms with E-state index in [1.165, 1.54) is 0 Å². The maximum Gasteiger partial charge on any atom is 0.329 e. The van der Waals surface area contributed by atoms with Crippen LogP contribution in [-0.4, -0.2) is 20.2 Å². The van der Waals surface area contributed by atoms with E-state index < -0.39 is 5.97 Å². The number of unbranched alkanes of at least 4 members (excludes halogenated alkanes) is 3. The fraction of sp³-hybridized carbons (Fsp3) is 0.333. The van der Waals surface area contributed by atoms with Crippen molar-refractivity contribution in [1.82, 2.24) is 9.13 Å². The molecule has 0 fully saturated rings. The average Bonchev–Trinajstić information content (AvgIpc) is 3.03. The Hall–Kier alpha value is -3.08. The van der Waals surface area contributed by atoms with Gasteiger partial charge in [0.2, 0.25) is 0 Å². The normalized spacial score (nSPS) is 10.9. The van der Waals surface area contributed by atoms with E-state index in [9.17, 15) is 9.59 Å². The fourth-order valence-corrected chi connectivity index (χ4v) is 3.77. The van der Waals surface area contributed by atoms with Crippen LogP contribution < -0.4 is 5.69 Å². The number of aliphatic carboxylic acids is 1. The van der Waals surface area contributed by atoms with E-state index >= 15 is 0 Å².